The van der Waals surface area contributed by atoms with E-state index in [9.17, 15) is 0 Å². The Morgan fingerprint density at radius 3 is 2.50 bits per heavy atom. The van der Waals surface area contributed by atoms with Gasteiger partial charge in [0.1, 0.15) is 11.5 Å². The van der Waals surface area contributed by atoms with Crippen LogP contribution in [0.4, 0.5) is 0 Å². The van der Waals surface area contributed by atoms with Crippen molar-refractivity contribution in [3.8, 4) is 22.6 Å². The molecule has 0 amide bonds. The number of rotatable bonds is 6. The number of benzene rings is 2. The minimum absolute atomic E-state index is 0.658. The molecule has 2 heterocycles. The molecule has 28 heavy (non-hydrogen) atoms. The standard InChI is InChI=1S/C22H22N4OS/c1-4-26-21(18-7-5-6-16(3)12-18)23-24-22(26)28-14-19-13-20(25-27-19)17-10-8-15(2)9-11-17/h5-13H,4,14H2,1-3H3. The van der Waals surface area contributed by atoms with E-state index in [0.717, 1.165) is 40.1 Å². The summed E-state index contributed by atoms with van der Waals surface area (Å²) < 4.78 is 7.66. The van der Waals surface area contributed by atoms with Crippen LogP contribution >= 0.6 is 11.8 Å². The van der Waals surface area contributed by atoms with Crippen LogP contribution in [0.3, 0.4) is 0 Å². The number of hydrogen-bond acceptors (Lipinski definition) is 5. The van der Waals surface area contributed by atoms with Gasteiger partial charge in [-0.3, -0.25) is 0 Å². The van der Waals surface area contributed by atoms with Gasteiger partial charge in [0.25, 0.3) is 0 Å². The van der Waals surface area contributed by atoms with Gasteiger partial charge in [-0.2, -0.15) is 0 Å². The van der Waals surface area contributed by atoms with E-state index in [0.29, 0.717) is 5.75 Å². The van der Waals surface area contributed by atoms with Crippen LogP contribution in [0.25, 0.3) is 22.6 Å². The molecule has 0 N–H and O–H groups in total. The van der Waals surface area contributed by atoms with Crippen molar-refractivity contribution >= 4 is 11.8 Å². The van der Waals surface area contributed by atoms with Gasteiger partial charge in [-0.05, 0) is 26.8 Å². The van der Waals surface area contributed by atoms with Crippen molar-refractivity contribution in [2.24, 2.45) is 0 Å². The monoisotopic (exact) mass is 390 g/mol. The Labute approximate surface area is 168 Å². The Morgan fingerprint density at radius 1 is 0.929 bits per heavy atom. The largest absolute Gasteiger partial charge is 0.360 e. The summed E-state index contributed by atoms with van der Waals surface area (Å²) in [5.41, 5.74) is 5.44. The van der Waals surface area contributed by atoms with Gasteiger partial charge in [0.2, 0.25) is 0 Å². The molecule has 0 aliphatic carbocycles. The Hall–Kier alpha value is -2.86. The fraction of sp³-hybridized carbons (Fsp3) is 0.227. The van der Waals surface area contributed by atoms with Crippen molar-refractivity contribution in [1.82, 2.24) is 19.9 Å². The fourth-order valence-corrected chi connectivity index (χ4v) is 3.93. The third-order valence-corrected chi connectivity index (χ3v) is 5.55. The Kier molecular flexibility index (Phi) is 5.30. The molecule has 0 fully saturated rings. The van der Waals surface area contributed by atoms with Gasteiger partial charge in [0, 0.05) is 23.7 Å². The van der Waals surface area contributed by atoms with Crippen molar-refractivity contribution in [2.45, 2.75) is 38.2 Å². The molecule has 4 aromatic rings. The fourth-order valence-electron chi connectivity index (χ4n) is 3.06. The lowest BCUT2D eigenvalue weighted by molar-refractivity contribution is 0.397. The Balaban J connectivity index is 1.50. The Morgan fingerprint density at radius 2 is 1.75 bits per heavy atom. The highest BCUT2D eigenvalue weighted by Crippen LogP contribution is 2.28. The molecule has 6 heteroatoms. The molecule has 2 aromatic carbocycles. The molecule has 0 atom stereocenters. The lowest BCUT2D eigenvalue weighted by atomic mass is 10.1. The predicted octanol–water partition coefficient (Wildman–Crippen LogP) is 5.53. The van der Waals surface area contributed by atoms with Gasteiger partial charge in [-0.1, -0.05) is 70.5 Å². The Bertz CT molecular complexity index is 1080. The average Bonchev–Trinajstić information content (AvgIpc) is 3.33. The maximum atomic E-state index is 5.52. The van der Waals surface area contributed by atoms with E-state index in [2.05, 4.69) is 83.2 Å². The van der Waals surface area contributed by atoms with Gasteiger partial charge in [0.15, 0.2) is 11.0 Å². The molecular weight excluding hydrogens is 368 g/mol. The molecular formula is C22H22N4OS. The van der Waals surface area contributed by atoms with Gasteiger partial charge >= 0.3 is 0 Å². The second kappa shape index (κ2) is 8.02. The van der Waals surface area contributed by atoms with E-state index < -0.39 is 0 Å². The average molecular weight is 391 g/mol. The summed E-state index contributed by atoms with van der Waals surface area (Å²) in [6.07, 6.45) is 0. The number of thioether (sulfide) groups is 1. The zero-order valence-corrected chi connectivity index (χ0v) is 17.0. The number of aromatic nitrogens is 4. The molecule has 0 radical (unpaired) electrons. The highest BCUT2D eigenvalue weighted by molar-refractivity contribution is 7.98. The normalized spacial score (nSPS) is 11.1. The first kappa shape index (κ1) is 18.5. The molecule has 0 saturated carbocycles. The second-order valence-corrected chi connectivity index (χ2v) is 7.70. The minimum Gasteiger partial charge on any atom is -0.360 e. The molecule has 0 bridgehead atoms. The van der Waals surface area contributed by atoms with Crippen molar-refractivity contribution in [2.75, 3.05) is 0 Å². The van der Waals surface area contributed by atoms with Crippen LogP contribution < -0.4 is 0 Å². The smallest absolute Gasteiger partial charge is 0.191 e. The van der Waals surface area contributed by atoms with E-state index in [4.69, 9.17) is 4.52 Å². The van der Waals surface area contributed by atoms with Crippen molar-refractivity contribution in [3.05, 3.63) is 71.5 Å². The second-order valence-electron chi connectivity index (χ2n) is 6.75. The third-order valence-electron chi connectivity index (χ3n) is 4.56. The van der Waals surface area contributed by atoms with Crippen molar-refractivity contribution in [3.63, 3.8) is 0 Å². The van der Waals surface area contributed by atoms with Gasteiger partial charge in [-0.15, -0.1) is 10.2 Å². The highest BCUT2D eigenvalue weighted by atomic mass is 32.2. The first-order valence-electron chi connectivity index (χ1n) is 9.29. The summed E-state index contributed by atoms with van der Waals surface area (Å²) in [5, 5.41) is 13.9. The molecule has 142 valence electrons. The molecule has 0 aliphatic rings. The zero-order valence-electron chi connectivity index (χ0n) is 16.2. The van der Waals surface area contributed by atoms with Gasteiger partial charge in [0.05, 0.1) is 5.75 Å². The van der Waals surface area contributed by atoms with Crippen LogP contribution in [0.15, 0.2) is 64.3 Å². The van der Waals surface area contributed by atoms with Crippen LogP contribution in [0.5, 0.6) is 0 Å². The van der Waals surface area contributed by atoms with Crippen molar-refractivity contribution < 1.29 is 4.52 Å². The van der Waals surface area contributed by atoms with E-state index in [-0.39, 0.29) is 0 Å². The molecule has 4 rings (SSSR count). The first-order valence-corrected chi connectivity index (χ1v) is 10.3. The summed E-state index contributed by atoms with van der Waals surface area (Å²) in [6, 6.07) is 18.6. The van der Waals surface area contributed by atoms with E-state index in [1.165, 1.54) is 11.1 Å². The number of nitrogens with zero attached hydrogens (tertiary/aromatic N) is 4. The summed E-state index contributed by atoms with van der Waals surface area (Å²) in [4.78, 5) is 0. The molecule has 0 spiro atoms. The summed E-state index contributed by atoms with van der Waals surface area (Å²) >= 11 is 1.61. The van der Waals surface area contributed by atoms with Crippen LogP contribution in [0, 0.1) is 13.8 Å². The molecule has 0 aliphatic heterocycles. The van der Waals surface area contributed by atoms with E-state index >= 15 is 0 Å². The van der Waals surface area contributed by atoms with Crippen molar-refractivity contribution in [1.29, 1.82) is 0 Å². The highest BCUT2D eigenvalue weighted by Gasteiger charge is 2.15. The van der Waals surface area contributed by atoms with E-state index in [1.807, 2.05) is 12.1 Å². The molecule has 2 aromatic heterocycles. The summed E-state index contributed by atoms with van der Waals surface area (Å²) in [7, 11) is 0. The van der Waals surface area contributed by atoms with Gasteiger partial charge in [-0.25, -0.2) is 0 Å². The van der Waals surface area contributed by atoms with Crippen LogP contribution in [-0.2, 0) is 12.3 Å². The maximum Gasteiger partial charge on any atom is 0.191 e. The number of aryl methyl sites for hydroxylation is 2. The summed E-state index contributed by atoms with van der Waals surface area (Å²) in [6.45, 7) is 7.07. The lowest BCUT2D eigenvalue weighted by Gasteiger charge is -2.07. The molecule has 0 unspecified atom stereocenters. The predicted molar refractivity (Wildman–Crippen MR) is 112 cm³/mol. The molecule has 0 saturated heterocycles. The summed E-state index contributed by atoms with van der Waals surface area (Å²) in [5.74, 6) is 2.38. The first-order chi connectivity index (χ1) is 13.6. The SMILES string of the molecule is CCn1c(SCc2cc(-c3ccc(C)cc3)no2)nnc1-c1cccc(C)c1. The lowest BCUT2D eigenvalue weighted by Crippen LogP contribution is -2.00. The maximum absolute atomic E-state index is 5.52. The van der Waals surface area contributed by atoms with E-state index in [1.54, 1.807) is 11.8 Å². The van der Waals surface area contributed by atoms with Crippen LogP contribution in [0.2, 0.25) is 0 Å². The van der Waals surface area contributed by atoms with Crippen LogP contribution in [-0.4, -0.2) is 19.9 Å². The van der Waals surface area contributed by atoms with Gasteiger partial charge < -0.3 is 9.09 Å². The quantitative estimate of drug-likeness (QED) is 0.405. The van der Waals surface area contributed by atoms with Crippen LogP contribution in [0.1, 0.15) is 23.8 Å². The topological polar surface area (TPSA) is 56.7 Å². The molecule has 5 nitrogen and oxygen atoms in total. The number of hydrogen-bond donors (Lipinski definition) is 0. The zero-order chi connectivity index (χ0) is 19.5. The minimum atomic E-state index is 0.658. The third kappa shape index (κ3) is 3.87.